The van der Waals surface area contributed by atoms with Crippen LogP contribution in [0.25, 0.3) is 0 Å². The molecule has 136 valence electrons. The maximum Gasteiger partial charge on any atom is 0.302 e. The molecule has 0 saturated heterocycles. The van der Waals surface area contributed by atoms with Crippen molar-refractivity contribution in [1.29, 1.82) is 0 Å². The van der Waals surface area contributed by atoms with Gasteiger partial charge in [0.25, 0.3) is 0 Å². The lowest BCUT2D eigenvalue weighted by Gasteiger charge is -2.55. The zero-order valence-corrected chi connectivity index (χ0v) is 15.8. The number of aromatic hydroxyl groups is 1. The van der Waals surface area contributed by atoms with Gasteiger partial charge in [-0.2, -0.15) is 0 Å². The van der Waals surface area contributed by atoms with Gasteiger partial charge in [-0.15, -0.1) is 0 Å². The van der Waals surface area contributed by atoms with Crippen molar-refractivity contribution in [3.8, 4) is 5.75 Å². The molecule has 2 saturated carbocycles. The highest BCUT2D eigenvalue weighted by atomic mass is 16.5. The summed E-state index contributed by atoms with van der Waals surface area (Å²) in [6, 6.07) is 5.98. The summed E-state index contributed by atoms with van der Waals surface area (Å²) in [5, 5.41) is 9.90. The Morgan fingerprint density at radius 1 is 1.24 bits per heavy atom. The predicted molar refractivity (Wildman–Crippen MR) is 97.4 cm³/mol. The standard InChI is InChI=1S/C22H30O3/c1-12-9-15-10-16(24)5-6-17(15)20-13(2)11-22(4)18(21(12)20)7-8-19(22)25-14(3)23/h5-6,10,12-13,18-21,24H,7-9,11H2,1-4H3/t12-,13-,18?,19-,20?,21?,22-/m0/s1. The minimum Gasteiger partial charge on any atom is -0.508 e. The van der Waals surface area contributed by atoms with Crippen LogP contribution in [-0.2, 0) is 16.0 Å². The molecule has 1 aromatic carbocycles. The molecule has 3 aliphatic rings. The second kappa shape index (κ2) is 5.75. The summed E-state index contributed by atoms with van der Waals surface area (Å²) < 4.78 is 5.76. The van der Waals surface area contributed by atoms with Gasteiger partial charge in [0, 0.05) is 12.3 Å². The number of phenols is 1. The van der Waals surface area contributed by atoms with Crippen molar-refractivity contribution in [3.05, 3.63) is 29.3 Å². The monoisotopic (exact) mass is 342 g/mol. The van der Waals surface area contributed by atoms with Crippen LogP contribution in [0.1, 0.15) is 64.0 Å². The number of hydrogen-bond donors (Lipinski definition) is 1. The summed E-state index contributed by atoms with van der Waals surface area (Å²) in [7, 11) is 0. The first-order chi connectivity index (χ1) is 11.8. The van der Waals surface area contributed by atoms with Crippen molar-refractivity contribution in [2.24, 2.45) is 29.1 Å². The van der Waals surface area contributed by atoms with E-state index < -0.39 is 0 Å². The molecule has 3 aliphatic carbocycles. The molecule has 3 heteroatoms. The van der Waals surface area contributed by atoms with Gasteiger partial charge in [-0.1, -0.05) is 26.8 Å². The Balaban J connectivity index is 1.73. The molecule has 4 rings (SSSR count). The maximum atomic E-state index is 11.6. The molecule has 3 unspecified atom stereocenters. The fourth-order valence-corrected chi connectivity index (χ4v) is 6.83. The van der Waals surface area contributed by atoms with E-state index in [9.17, 15) is 9.90 Å². The van der Waals surface area contributed by atoms with E-state index in [4.69, 9.17) is 4.74 Å². The van der Waals surface area contributed by atoms with Crippen LogP contribution in [0.4, 0.5) is 0 Å². The van der Waals surface area contributed by atoms with Gasteiger partial charge >= 0.3 is 5.97 Å². The zero-order chi connectivity index (χ0) is 17.9. The highest BCUT2D eigenvalue weighted by Gasteiger charge is 2.59. The number of benzene rings is 1. The third kappa shape index (κ3) is 2.50. The van der Waals surface area contributed by atoms with Gasteiger partial charge in [-0.3, -0.25) is 4.79 Å². The first-order valence-corrected chi connectivity index (χ1v) is 9.80. The minimum atomic E-state index is -0.140. The van der Waals surface area contributed by atoms with E-state index in [1.807, 2.05) is 12.1 Å². The Hall–Kier alpha value is -1.51. The predicted octanol–water partition coefficient (Wildman–Crippen LogP) is 4.67. The van der Waals surface area contributed by atoms with Crippen LogP contribution in [0.2, 0.25) is 0 Å². The van der Waals surface area contributed by atoms with Gasteiger partial charge in [-0.05, 0) is 78.5 Å². The SMILES string of the molecule is CC(=O)O[C@H]1CCC2C3C(c4ccc(O)cc4C[C@@H]3C)[C@@H](C)C[C@@]21C. The van der Waals surface area contributed by atoms with E-state index >= 15 is 0 Å². The number of rotatable bonds is 1. The number of hydrogen-bond acceptors (Lipinski definition) is 3. The molecule has 7 atom stereocenters. The summed E-state index contributed by atoms with van der Waals surface area (Å²) in [6.07, 6.45) is 4.41. The quantitative estimate of drug-likeness (QED) is 0.754. The van der Waals surface area contributed by atoms with Crippen molar-refractivity contribution in [2.75, 3.05) is 0 Å². The normalized spacial score (nSPS) is 42.2. The Morgan fingerprint density at radius 3 is 2.72 bits per heavy atom. The Morgan fingerprint density at radius 2 is 2.00 bits per heavy atom. The van der Waals surface area contributed by atoms with Crippen LogP contribution in [0, 0.1) is 29.1 Å². The number of carbonyl (C=O) groups is 1. The molecule has 0 aliphatic heterocycles. The Labute approximate surface area is 150 Å². The molecular weight excluding hydrogens is 312 g/mol. The van der Waals surface area contributed by atoms with E-state index in [1.165, 1.54) is 24.5 Å². The van der Waals surface area contributed by atoms with Crippen LogP contribution in [0.5, 0.6) is 5.75 Å². The third-order valence-corrected chi connectivity index (χ3v) is 7.57. The Bertz CT molecular complexity index is 697. The minimum absolute atomic E-state index is 0.0758. The van der Waals surface area contributed by atoms with Gasteiger partial charge in [0.2, 0.25) is 0 Å². The Kier molecular flexibility index (Phi) is 3.90. The molecule has 1 aromatic rings. The fraction of sp³-hybridized carbons (Fsp3) is 0.682. The van der Waals surface area contributed by atoms with Crippen molar-refractivity contribution in [1.82, 2.24) is 0 Å². The van der Waals surface area contributed by atoms with Gasteiger partial charge in [0.15, 0.2) is 0 Å². The summed E-state index contributed by atoms with van der Waals surface area (Å²) >= 11 is 0. The first kappa shape index (κ1) is 16.9. The van der Waals surface area contributed by atoms with Crippen molar-refractivity contribution in [2.45, 2.75) is 65.4 Å². The second-order valence-corrected chi connectivity index (χ2v) is 9.14. The number of carbonyl (C=O) groups excluding carboxylic acids is 1. The molecule has 0 amide bonds. The van der Waals surface area contributed by atoms with Crippen LogP contribution in [0.3, 0.4) is 0 Å². The molecule has 0 radical (unpaired) electrons. The molecular formula is C22H30O3. The number of fused-ring (bicyclic) bond motifs is 5. The zero-order valence-electron chi connectivity index (χ0n) is 15.8. The molecule has 0 heterocycles. The van der Waals surface area contributed by atoms with E-state index in [0.717, 1.165) is 19.3 Å². The smallest absolute Gasteiger partial charge is 0.302 e. The average molecular weight is 342 g/mol. The third-order valence-electron chi connectivity index (χ3n) is 7.57. The molecule has 0 aromatic heterocycles. The fourth-order valence-electron chi connectivity index (χ4n) is 6.83. The highest BCUT2D eigenvalue weighted by molar-refractivity contribution is 5.66. The molecule has 25 heavy (non-hydrogen) atoms. The average Bonchev–Trinajstić information content (AvgIpc) is 2.82. The summed E-state index contributed by atoms with van der Waals surface area (Å²) in [4.78, 5) is 11.6. The number of phenolic OH excluding ortho intramolecular Hbond substituents is 1. The lowest BCUT2D eigenvalue weighted by atomic mass is 9.50. The molecule has 3 nitrogen and oxygen atoms in total. The summed E-state index contributed by atoms with van der Waals surface area (Å²) in [6.45, 7) is 8.65. The van der Waals surface area contributed by atoms with Gasteiger partial charge < -0.3 is 9.84 Å². The van der Waals surface area contributed by atoms with Gasteiger partial charge in [0.1, 0.15) is 11.9 Å². The summed E-state index contributed by atoms with van der Waals surface area (Å²) in [5.74, 6) is 3.23. The number of esters is 1. The van der Waals surface area contributed by atoms with Gasteiger partial charge in [-0.25, -0.2) is 0 Å². The van der Waals surface area contributed by atoms with Crippen LogP contribution < -0.4 is 0 Å². The van der Waals surface area contributed by atoms with E-state index in [-0.39, 0.29) is 17.5 Å². The molecule has 0 bridgehead atoms. The van der Waals surface area contributed by atoms with Crippen molar-refractivity contribution >= 4 is 5.97 Å². The topological polar surface area (TPSA) is 46.5 Å². The lowest BCUT2D eigenvalue weighted by molar-refractivity contribution is -0.156. The van der Waals surface area contributed by atoms with Gasteiger partial charge in [0.05, 0.1) is 0 Å². The molecule has 0 spiro atoms. The highest BCUT2D eigenvalue weighted by Crippen LogP contribution is 2.64. The first-order valence-electron chi connectivity index (χ1n) is 9.80. The largest absolute Gasteiger partial charge is 0.508 e. The van der Waals surface area contributed by atoms with E-state index in [2.05, 4.69) is 26.8 Å². The maximum absolute atomic E-state index is 11.6. The second-order valence-electron chi connectivity index (χ2n) is 9.14. The van der Waals surface area contributed by atoms with Crippen LogP contribution >= 0.6 is 0 Å². The number of ether oxygens (including phenoxy) is 1. The van der Waals surface area contributed by atoms with E-state index in [1.54, 1.807) is 0 Å². The molecule has 2 fully saturated rings. The lowest BCUT2D eigenvalue weighted by Crippen LogP contribution is -2.50. The van der Waals surface area contributed by atoms with Crippen LogP contribution in [-0.4, -0.2) is 17.2 Å². The van der Waals surface area contributed by atoms with Crippen molar-refractivity contribution in [3.63, 3.8) is 0 Å². The molecule has 1 N–H and O–H groups in total. The van der Waals surface area contributed by atoms with Crippen molar-refractivity contribution < 1.29 is 14.6 Å². The van der Waals surface area contributed by atoms with Crippen LogP contribution in [0.15, 0.2) is 18.2 Å². The van der Waals surface area contributed by atoms with E-state index in [0.29, 0.717) is 35.3 Å². The summed E-state index contributed by atoms with van der Waals surface area (Å²) in [5.41, 5.74) is 2.89.